The highest BCUT2D eigenvalue weighted by atomic mass is 35.5. The molecule has 1 fully saturated rings. The monoisotopic (exact) mass is 292 g/mol. The minimum absolute atomic E-state index is 0.151. The summed E-state index contributed by atoms with van der Waals surface area (Å²) in [6, 6.07) is 4.50. The number of alkyl halides is 3. The van der Waals surface area contributed by atoms with Gasteiger partial charge >= 0.3 is 6.18 Å². The maximum atomic E-state index is 12.9. The van der Waals surface area contributed by atoms with Crippen LogP contribution in [0.15, 0.2) is 18.2 Å². The summed E-state index contributed by atoms with van der Waals surface area (Å²) in [5.74, 6) is 0. The Morgan fingerprint density at radius 1 is 1.32 bits per heavy atom. The van der Waals surface area contributed by atoms with Crippen LogP contribution in [0, 0.1) is 0 Å². The fourth-order valence-corrected chi connectivity index (χ4v) is 2.52. The molecule has 2 unspecified atom stereocenters. The van der Waals surface area contributed by atoms with Crippen LogP contribution in [0.4, 0.5) is 18.9 Å². The number of nitrogens with zero attached hydrogens (tertiary/aromatic N) is 1. The number of nitrogens with one attached hydrogen (secondary N) is 1. The van der Waals surface area contributed by atoms with Crippen LogP contribution < -0.4 is 10.2 Å². The zero-order valence-electron chi connectivity index (χ0n) is 10.8. The lowest BCUT2D eigenvalue weighted by atomic mass is 10.1. The van der Waals surface area contributed by atoms with Crippen molar-refractivity contribution in [2.75, 3.05) is 18.0 Å². The Hall–Kier alpha value is -0.940. The average Bonchev–Trinajstić information content (AvgIpc) is 2.31. The van der Waals surface area contributed by atoms with E-state index in [-0.39, 0.29) is 17.1 Å². The van der Waals surface area contributed by atoms with Gasteiger partial charge in [0.1, 0.15) is 0 Å². The molecule has 1 N–H and O–H groups in total. The molecule has 1 aromatic carbocycles. The molecule has 1 aromatic rings. The van der Waals surface area contributed by atoms with Crippen molar-refractivity contribution in [1.82, 2.24) is 5.32 Å². The maximum Gasteiger partial charge on any atom is 0.417 e. The predicted octanol–water partition coefficient (Wildman–Crippen LogP) is 3.55. The van der Waals surface area contributed by atoms with Crippen LogP contribution in [0.2, 0.25) is 5.02 Å². The van der Waals surface area contributed by atoms with Gasteiger partial charge in [0.25, 0.3) is 0 Å². The van der Waals surface area contributed by atoms with E-state index in [1.165, 1.54) is 6.07 Å². The van der Waals surface area contributed by atoms with Gasteiger partial charge in [0, 0.05) is 30.9 Å². The van der Waals surface area contributed by atoms with Crippen molar-refractivity contribution in [1.29, 1.82) is 0 Å². The molecule has 2 rings (SSSR count). The molecule has 1 aliphatic heterocycles. The first-order valence-electron chi connectivity index (χ1n) is 6.16. The van der Waals surface area contributed by atoms with Crippen molar-refractivity contribution in [2.24, 2.45) is 0 Å². The van der Waals surface area contributed by atoms with Crippen molar-refractivity contribution in [3.63, 3.8) is 0 Å². The molecule has 0 saturated carbocycles. The molecule has 106 valence electrons. The Morgan fingerprint density at radius 3 is 2.63 bits per heavy atom. The van der Waals surface area contributed by atoms with Crippen LogP contribution in [0.1, 0.15) is 19.4 Å². The Balaban J connectivity index is 2.35. The molecule has 0 aromatic heterocycles. The zero-order chi connectivity index (χ0) is 14.2. The third-order valence-electron chi connectivity index (χ3n) is 3.35. The minimum Gasteiger partial charge on any atom is -0.366 e. The van der Waals surface area contributed by atoms with Crippen LogP contribution >= 0.6 is 11.6 Å². The third kappa shape index (κ3) is 3.15. The van der Waals surface area contributed by atoms with E-state index in [0.29, 0.717) is 12.2 Å². The van der Waals surface area contributed by atoms with Gasteiger partial charge in [-0.05, 0) is 32.0 Å². The van der Waals surface area contributed by atoms with Gasteiger partial charge in [-0.15, -0.1) is 0 Å². The molecule has 19 heavy (non-hydrogen) atoms. The first kappa shape index (κ1) is 14.5. The van der Waals surface area contributed by atoms with Crippen LogP contribution in [0.25, 0.3) is 0 Å². The summed E-state index contributed by atoms with van der Waals surface area (Å²) in [5.41, 5.74) is -0.206. The zero-order valence-corrected chi connectivity index (χ0v) is 11.5. The Morgan fingerprint density at radius 2 is 2.00 bits per heavy atom. The molecule has 0 aliphatic carbocycles. The summed E-state index contributed by atoms with van der Waals surface area (Å²) in [5, 5.41) is 3.04. The van der Waals surface area contributed by atoms with Crippen LogP contribution in [-0.4, -0.2) is 25.2 Å². The second-order valence-corrected chi connectivity index (χ2v) is 5.38. The predicted molar refractivity (Wildman–Crippen MR) is 70.7 cm³/mol. The molecule has 1 heterocycles. The minimum atomic E-state index is -4.42. The fourth-order valence-electron chi connectivity index (χ4n) is 2.29. The number of hydrogen-bond donors (Lipinski definition) is 1. The van der Waals surface area contributed by atoms with Gasteiger partial charge in [-0.1, -0.05) is 11.6 Å². The molecule has 1 saturated heterocycles. The summed E-state index contributed by atoms with van der Waals surface area (Å²) in [6.45, 7) is 5.44. The summed E-state index contributed by atoms with van der Waals surface area (Å²) in [7, 11) is 0. The van der Waals surface area contributed by atoms with Crippen LogP contribution in [0.3, 0.4) is 0 Å². The summed E-state index contributed by atoms with van der Waals surface area (Å²) in [4.78, 5) is 1.98. The van der Waals surface area contributed by atoms with Crippen LogP contribution in [0.5, 0.6) is 0 Å². The topological polar surface area (TPSA) is 15.3 Å². The molecular weight excluding hydrogens is 277 g/mol. The van der Waals surface area contributed by atoms with E-state index in [4.69, 9.17) is 11.6 Å². The van der Waals surface area contributed by atoms with E-state index in [0.717, 1.165) is 12.6 Å². The fraction of sp³-hybridized carbons (Fsp3) is 0.538. The molecule has 0 amide bonds. The van der Waals surface area contributed by atoms with E-state index >= 15 is 0 Å². The van der Waals surface area contributed by atoms with Crippen molar-refractivity contribution < 1.29 is 13.2 Å². The standard InChI is InChI=1S/C13H16ClF3N2/c1-8-7-19(9(2)6-18-8)10-3-4-12(14)11(5-10)13(15,16)17/h3-5,8-9,18H,6-7H2,1-2H3. The van der Waals surface area contributed by atoms with Crippen molar-refractivity contribution in [3.8, 4) is 0 Å². The van der Waals surface area contributed by atoms with Gasteiger partial charge in [-0.25, -0.2) is 0 Å². The Labute approximate surface area is 115 Å². The molecule has 1 aliphatic rings. The van der Waals surface area contributed by atoms with Crippen LogP contribution in [-0.2, 0) is 6.18 Å². The largest absolute Gasteiger partial charge is 0.417 e. The maximum absolute atomic E-state index is 12.9. The highest BCUT2D eigenvalue weighted by molar-refractivity contribution is 6.31. The molecular formula is C13H16ClF3N2. The number of hydrogen-bond acceptors (Lipinski definition) is 2. The first-order chi connectivity index (χ1) is 8.79. The SMILES string of the molecule is CC1CN(c2ccc(Cl)c(C(F)(F)F)c2)C(C)CN1. The molecule has 0 spiro atoms. The van der Waals surface area contributed by atoms with Crippen molar-refractivity contribution in [2.45, 2.75) is 32.1 Å². The van der Waals surface area contributed by atoms with Gasteiger partial charge in [0.05, 0.1) is 10.6 Å². The molecule has 2 atom stereocenters. The third-order valence-corrected chi connectivity index (χ3v) is 3.68. The lowest BCUT2D eigenvalue weighted by Gasteiger charge is -2.39. The number of benzene rings is 1. The lowest BCUT2D eigenvalue weighted by molar-refractivity contribution is -0.137. The van der Waals surface area contributed by atoms with E-state index in [2.05, 4.69) is 5.32 Å². The molecule has 2 nitrogen and oxygen atoms in total. The number of anilines is 1. The molecule has 0 bridgehead atoms. The first-order valence-corrected chi connectivity index (χ1v) is 6.53. The van der Waals surface area contributed by atoms with E-state index in [9.17, 15) is 13.2 Å². The highest BCUT2D eigenvalue weighted by Crippen LogP contribution is 2.37. The Bertz CT molecular complexity index is 462. The van der Waals surface area contributed by atoms with Gasteiger partial charge in [-0.2, -0.15) is 13.2 Å². The van der Waals surface area contributed by atoms with Gasteiger partial charge in [0.15, 0.2) is 0 Å². The quantitative estimate of drug-likeness (QED) is 0.851. The number of piperazine rings is 1. The van der Waals surface area contributed by atoms with Gasteiger partial charge in [-0.3, -0.25) is 0 Å². The van der Waals surface area contributed by atoms with E-state index in [1.807, 2.05) is 18.7 Å². The average molecular weight is 293 g/mol. The number of rotatable bonds is 1. The summed E-state index contributed by atoms with van der Waals surface area (Å²) in [6.07, 6.45) is -4.42. The molecule has 6 heteroatoms. The highest BCUT2D eigenvalue weighted by Gasteiger charge is 2.34. The second-order valence-electron chi connectivity index (χ2n) is 4.97. The number of halogens is 4. The summed E-state index contributed by atoms with van der Waals surface area (Å²) < 4.78 is 38.6. The molecule has 0 radical (unpaired) electrons. The normalized spacial score (nSPS) is 24.6. The second kappa shape index (κ2) is 5.21. The van der Waals surface area contributed by atoms with Gasteiger partial charge in [0.2, 0.25) is 0 Å². The van der Waals surface area contributed by atoms with Crippen molar-refractivity contribution >= 4 is 17.3 Å². The summed E-state index contributed by atoms with van der Waals surface area (Å²) >= 11 is 5.63. The van der Waals surface area contributed by atoms with Crippen molar-refractivity contribution in [3.05, 3.63) is 28.8 Å². The van der Waals surface area contributed by atoms with E-state index < -0.39 is 11.7 Å². The smallest absolute Gasteiger partial charge is 0.366 e. The van der Waals surface area contributed by atoms with Gasteiger partial charge < -0.3 is 10.2 Å². The van der Waals surface area contributed by atoms with E-state index in [1.54, 1.807) is 6.07 Å². The lowest BCUT2D eigenvalue weighted by Crippen LogP contribution is -2.54. The Kier molecular flexibility index (Phi) is 3.97.